The molecule has 4 nitrogen and oxygen atoms in total. The van der Waals surface area contributed by atoms with Crippen molar-refractivity contribution in [3.63, 3.8) is 0 Å². The maximum absolute atomic E-state index is 5.77. The Labute approximate surface area is 122 Å². The van der Waals surface area contributed by atoms with E-state index in [1.165, 1.54) is 4.88 Å². The largest absolute Gasteiger partial charge is 0.399 e. The molecule has 20 heavy (non-hydrogen) atoms. The van der Waals surface area contributed by atoms with E-state index in [0.29, 0.717) is 0 Å². The Balaban J connectivity index is 1.77. The van der Waals surface area contributed by atoms with Crippen molar-refractivity contribution in [2.75, 3.05) is 17.6 Å². The molecule has 0 spiro atoms. The minimum atomic E-state index is 0.0756. The molecular formula is C15H18N4S. The van der Waals surface area contributed by atoms with E-state index in [1.807, 2.05) is 18.2 Å². The molecule has 0 unspecified atom stereocenters. The minimum absolute atomic E-state index is 0.0756. The Kier molecular flexibility index (Phi) is 3.14. The zero-order valence-corrected chi connectivity index (χ0v) is 12.4. The fourth-order valence-electron chi connectivity index (χ4n) is 2.17. The molecule has 5 heteroatoms. The van der Waals surface area contributed by atoms with Crippen LogP contribution in [-0.4, -0.2) is 16.5 Å². The van der Waals surface area contributed by atoms with Gasteiger partial charge in [0.15, 0.2) is 0 Å². The molecule has 0 radical (unpaired) electrons. The third-order valence-corrected chi connectivity index (χ3v) is 4.63. The maximum Gasteiger partial charge on any atom is 0.201 e. The Morgan fingerprint density at radius 1 is 1.35 bits per heavy atom. The molecule has 3 rings (SSSR count). The number of fused-ring (bicyclic) bond motifs is 1. The molecule has 3 aromatic rings. The van der Waals surface area contributed by atoms with Crippen LogP contribution in [0.2, 0.25) is 0 Å². The standard InChI is InChI=1S/C15H18N4S/c1-15(2,13-4-3-7-20-13)9-17-14-18-11-6-5-10(16)8-12(11)19-14/h3-8H,9,16H2,1-2H3,(H2,17,18,19). The second-order valence-corrected chi connectivity index (χ2v) is 6.52. The zero-order chi connectivity index (χ0) is 14.2. The van der Waals surface area contributed by atoms with Crippen LogP contribution in [0.25, 0.3) is 11.0 Å². The summed E-state index contributed by atoms with van der Waals surface area (Å²) >= 11 is 1.78. The molecule has 0 saturated heterocycles. The first-order valence-corrected chi connectivity index (χ1v) is 7.46. The van der Waals surface area contributed by atoms with Crippen LogP contribution < -0.4 is 11.1 Å². The van der Waals surface area contributed by atoms with Crippen LogP contribution in [0.4, 0.5) is 11.6 Å². The minimum Gasteiger partial charge on any atom is -0.399 e. The van der Waals surface area contributed by atoms with Gasteiger partial charge in [-0.1, -0.05) is 19.9 Å². The van der Waals surface area contributed by atoms with E-state index in [0.717, 1.165) is 29.2 Å². The maximum atomic E-state index is 5.77. The van der Waals surface area contributed by atoms with E-state index in [1.54, 1.807) is 11.3 Å². The molecule has 0 aliphatic carbocycles. The van der Waals surface area contributed by atoms with E-state index in [2.05, 4.69) is 46.6 Å². The number of nitrogens with one attached hydrogen (secondary N) is 2. The average molecular weight is 286 g/mol. The Bertz CT molecular complexity index is 713. The van der Waals surface area contributed by atoms with Gasteiger partial charge in [0, 0.05) is 22.5 Å². The molecule has 2 aromatic heterocycles. The summed E-state index contributed by atoms with van der Waals surface area (Å²) in [6, 6.07) is 9.95. The number of thiophene rings is 1. The number of anilines is 2. The predicted molar refractivity (Wildman–Crippen MR) is 86.3 cm³/mol. The summed E-state index contributed by atoms with van der Waals surface area (Å²) in [5.74, 6) is 0.787. The van der Waals surface area contributed by atoms with Gasteiger partial charge in [0.05, 0.1) is 11.0 Å². The Morgan fingerprint density at radius 2 is 2.20 bits per heavy atom. The van der Waals surface area contributed by atoms with E-state index >= 15 is 0 Å². The molecule has 0 fully saturated rings. The molecule has 0 atom stereocenters. The number of nitrogen functional groups attached to an aromatic ring is 1. The molecule has 4 N–H and O–H groups in total. The van der Waals surface area contributed by atoms with Crippen molar-refractivity contribution in [3.8, 4) is 0 Å². The normalized spacial score (nSPS) is 11.9. The van der Waals surface area contributed by atoms with Gasteiger partial charge in [-0.25, -0.2) is 4.98 Å². The number of hydrogen-bond donors (Lipinski definition) is 3. The number of hydrogen-bond acceptors (Lipinski definition) is 4. The summed E-state index contributed by atoms with van der Waals surface area (Å²) in [5, 5.41) is 5.49. The van der Waals surface area contributed by atoms with Crippen molar-refractivity contribution >= 4 is 34.0 Å². The van der Waals surface area contributed by atoms with Gasteiger partial charge in [0.1, 0.15) is 0 Å². The van der Waals surface area contributed by atoms with E-state index < -0.39 is 0 Å². The summed E-state index contributed by atoms with van der Waals surface area (Å²) in [6.45, 7) is 5.28. The first-order chi connectivity index (χ1) is 9.54. The summed E-state index contributed by atoms with van der Waals surface area (Å²) in [5.41, 5.74) is 8.48. The summed E-state index contributed by atoms with van der Waals surface area (Å²) in [7, 11) is 0. The van der Waals surface area contributed by atoms with Gasteiger partial charge in [-0.05, 0) is 29.6 Å². The monoisotopic (exact) mass is 286 g/mol. The summed E-state index contributed by atoms with van der Waals surface area (Å²) < 4.78 is 0. The number of nitrogens with two attached hydrogens (primary N) is 1. The van der Waals surface area contributed by atoms with Crippen LogP contribution in [-0.2, 0) is 5.41 Å². The van der Waals surface area contributed by atoms with Crippen molar-refractivity contribution in [3.05, 3.63) is 40.6 Å². The van der Waals surface area contributed by atoms with Gasteiger partial charge in [0.2, 0.25) is 5.95 Å². The molecule has 0 aliphatic heterocycles. The number of aromatic amines is 1. The fraction of sp³-hybridized carbons (Fsp3) is 0.267. The smallest absolute Gasteiger partial charge is 0.201 e. The van der Waals surface area contributed by atoms with Crippen LogP contribution in [0.3, 0.4) is 0 Å². The van der Waals surface area contributed by atoms with E-state index in [4.69, 9.17) is 5.73 Å². The van der Waals surface area contributed by atoms with Crippen molar-refractivity contribution in [1.29, 1.82) is 0 Å². The molecular weight excluding hydrogens is 268 g/mol. The average Bonchev–Trinajstić information content (AvgIpc) is 3.05. The van der Waals surface area contributed by atoms with E-state index in [-0.39, 0.29) is 5.41 Å². The molecule has 0 amide bonds. The predicted octanol–water partition coefficient (Wildman–Crippen LogP) is 3.60. The highest BCUT2D eigenvalue weighted by Gasteiger charge is 2.21. The topological polar surface area (TPSA) is 66.7 Å². The number of H-pyrrole nitrogens is 1. The van der Waals surface area contributed by atoms with Crippen LogP contribution >= 0.6 is 11.3 Å². The molecule has 0 aliphatic rings. The first kappa shape index (κ1) is 13.0. The van der Waals surface area contributed by atoms with Crippen LogP contribution in [0.15, 0.2) is 35.7 Å². The van der Waals surface area contributed by atoms with Gasteiger partial charge in [0.25, 0.3) is 0 Å². The van der Waals surface area contributed by atoms with Crippen LogP contribution in [0.5, 0.6) is 0 Å². The van der Waals surface area contributed by atoms with Crippen molar-refractivity contribution < 1.29 is 0 Å². The number of imidazole rings is 1. The molecule has 0 saturated carbocycles. The van der Waals surface area contributed by atoms with Crippen LogP contribution in [0, 0.1) is 0 Å². The van der Waals surface area contributed by atoms with Crippen LogP contribution in [0.1, 0.15) is 18.7 Å². The number of nitrogens with zero attached hydrogens (tertiary/aromatic N) is 1. The third kappa shape index (κ3) is 2.49. The highest BCUT2D eigenvalue weighted by molar-refractivity contribution is 7.10. The Hall–Kier alpha value is -2.01. The summed E-state index contributed by atoms with van der Waals surface area (Å²) in [6.07, 6.45) is 0. The van der Waals surface area contributed by atoms with Gasteiger partial charge in [-0.2, -0.15) is 0 Å². The van der Waals surface area contributed by atoms with Crippen molar-refractivity contribution in [1.82, 2.24) is 9.97 Å². The Morgan fingerprint density at radius 3 is 2.95 bits per heavy atom. The van der Waals surface area contributed by atoms with Crippen molar-refractivity contribution in [2.24, 2.45) is 0 Å². The lowest BCUT2D eigenvalue weighted by Gasteiger charge is -2.23. The lowest BCUT2D eigenvalue weighted by Crippen LogP contribution is -2.26. The second-order valence-electron chi connectivity index (χ2n) is 5.58. The second kappa shape index (κ2) is 4.83. The third-order valence-electron chi connectivity index (χ3n) is 3.39. The summed E-state index contributed by atoms with van der Waals surface area (Å²) in [4.78, 5) is 9.14. The lowest BCUT2D eigenvalue weighted by atomic mass is 9.91. The van der Waals surface area contributed by atoms with Gasteiger partial charge < -0.3 is 16.0 Å². The number of benzene rings is 1. The highest BCUT2D eigenvalue weighted by Crippen LogP contribution is 2.27. The lowest BCUT2D eigenvalue weighted by molar-refractivity contribution is 0.567. The molecule has 2 heterocycles. The molecule has 0 bridgehead atoms. The quantitative estimate of drug-likeness (QED) is 0.642. The van der Waals surface area contributed by atoms with Crippen molar-refractivity contribution in [2.45, 2.75) is 19.3 Å². The number of rotatable bonds is 4. The van der Waals surface area contributed by atoms with Gasteiger partial charge in [-0.3, -0.25) is 0 Å². The highest BCUT2D eigenvalue weighted by atomic mass is 32.1. The molecule has 1 aromatic carbocycles. The first-order valence-electron chi connectivity index (χ1n) is 6.58. The SMILES string of the molecule is CC(C)(CNc1nc2ccc(N)cc2[nH]1)c1cccs1. The zero-order valence-electron chi connectivity index (χ0n) is 11.6. The fourth-order valence-corrected chi connectivity index (χ4v) is 3.02. The molecule has 104 valence electrons. The van der Waals surface area contributed by atoms with Gasteiger partial charge in [-0.15, -0.1) is 11.3 Å². The van der Waals surface area contributed by atoms with E-state index in [9.17, 15) is 0 Å². The number of aromatic nitrogens is 2. The van der Waals surface area contributed by atoms with Gasteiger partial charge >= 0.3 is 0 Å².